The lowest BCUT2D eigenvalue weighted by Crippen LogP contribution is -2.22. The van der Waals surface area contributed by atoms with Gasteiger partial charge in [-0.15, -0.1) is 10.2 Å². The average molecular weight is 434 g/mol. The molecule has 0 saturated carbocycles. The largest absolute Gasteiger partial charge is 0.497 e. The Balaban J connectivity index is 1.59. The Labute approximate surface area is 183 Å². The van der Waals surface area contributed by atoms with Crippen molar-refractivity contribution in [3.8, 4) is 17.0 Å². The summed E-state index contributed by atoms with van der Waals surface area (Å²) < 4.78 is 18.5. The van der Waals surface area contributed by atoms with Crippen LogP contribution in [0.2, 0.25) is 0 Å². The number of methoxy groups -OCH3 is 1. The summed E-state index contributed by atoms with van der Waals surface area (Å²) in [6.45, 7) is 1.82. The van der Waals surface area contributed by atoms with Gasteiger partial charge in [-0.25, -0.2) is 4.39 Å². The molecule has 4 rings (SSSR count). The average Bonchev–Trinajstić information content (AvgIpc) is 2.80. The van der Waals surface area contributed by atoms with Crippen molar-refractivity contribution >= 4 is 34.1 Å². The van der Waals surface area contributed by atoms with Crippen LogP contribution < -0.4 is 10.1 Å². The Morgan fingerprint density at radius 3 is 2.48 bits per heavy atom. The van der Waals surface area contributed by atoms with Gasteiger partial charge in [-0.3, -0.25) is 4.79 Å². The molecule has 0 aliphatic rings. The number of fused-ring (bicyclic) bond motifs is 1. The summed E-state index contributed by atoms with van der Waals surface area (Å²) in [7, 11) is 1.58. The highest BCUT2D eigenvalue weighted by atomic mass is 32.2. The highest BCUT2D eigenvalue weighted by Crippen LogP contribution is 2.33. The molecule has 1 N–H and O–H groups in total. The summed E-state index contributed by atoms with van der Waals surface area (Å²) in [6.07, 6.45) is 0. The van der Waals surface area contributed by atoms with E-state index < -0.39 is 5.25 Å². The van der Waals surface area contributed by atoms with E-state index in [0.717, 1.165) is 16.3 Å². The van der Waals surface area contributed by atoms with Gasteiger partial charge in [0.2, 0.25) is 5.91 Å². The minimum absolute atomic E-state index is 0.147. The molecule has 1 amide bonds. The third-order valence-corrected chi connectivity index (χ3v) is 5.86. The lowest BCUT2D eigenvalue weighted by atomic mass is 10.1. The van der Waals surface area contributed by atoms with E-state index in [1.54, 1.807) is 25.3 Å². The van der Waals surface area contributed by atoms with E-state index in [-0.39, 0.29) is 11.7 Å². The lowest BCUT2D eigenvalue weighted by molar-refractivity contribution is -0.115. The predicted octanol–water partition coefficient (Wildman–Crippen LogP) is 5.56. The highest BCUT2D eigenvalue weighted by molar-refractivity contribution is 8.00. The fraction of sp³-hybridized carbons (Fsp3) is 0.125. The third kappa shape index (κ3) is 4.67. The molecule has 5 nitrogen and oxygen atoms in total. The van der Waals surface area contributed by atoms with Gasteiger partial charge in [-0.1, -0.05) is 42.1 Å². The van der Waals surface area contributed by atoms with Crippen LogP contribution in [0.25, 0.3) is 22.0 Å². The number of halogens is 1. The van der Waals surface area contributed by atoms with Crippen LogP contribution in [0.1, 0.15) is 6.92 Å². The first-order valence-corrected chi connectivity index (χ1v) is 10.6. The maximum absolute atomic E-state index is 13.3. The van der Waals surface area contributed by atoms with Gasteiger partial charge in [0.15, 0.2) is 0 Å². The molecule has 0 bridgehead atoms. The van der Waals surface area contributed by atoms with Crippen LogP contribution in [0.5, 0.6) is 5.75 Å². The minimum atomic E-state index is -0.402. The number of hydrogen-bond acceptors (Lipinski definition) is 5. The second-order valence-corrected chi connectivity index (χ2v) is 8.22. The normalized spacial score (nSPS) is 11.8. The zero-order valence-corrected chi connectivity index (χ0v) is 17.8. The molecule has 0 aliphatic heterocycles. The Bertz CT molecular complexity index is 1230. The molecule has 1 atom stereocenters. The molecule has 156 valence electrons. The molecule has 31 heavy (non-hydrogen) atoms. The van der Waals surface area contributed by atoms with Gasteiger partial charge in [-0.05, 0) is 43.3 Å². The molecule has 0 saturated heterocycles. The Morgan fingerprint density at radius 1 is 1.00 bits per heavy atom. The fourth-order valence-electron chi connectivity index (χ4n) is 3.15. The number of anilines is 1. The monoisotopic (exact) mass is 433 g/mol. The van der Waals surface area contributed by atoms with E-state index in [0.29, 0.717) is 22.2 Å². The van der Waals surface area contributed by atoms with Crippen LogP contribution in [-0.2, 0) is 4.79 Å². The van der Waals surface area contributed by atoms with E-state index in [9.17, 15) is 9.18 Å². The van der Waals surface area contributed by atoms with Crippen molar-refractivity contribution in [2.24, 2.45) is 0 Å². The van der Waals surface area contributed by atoms with Crippen LogP contribution in [0, 0.1) is 5.82 Å². The molecule has 0 fully saturated rings. The smallest absolute Gasteiger partial charge is 0.237 e. The van der Waals surface area contributed by atoms with E-state index in [2.05, 4.69) is 15.5 Å². The number of hydrogen-bond donors (Lipinski definition) is 1. The second-order valence-electron chi connectivity index (χ2n) is 6.89. The van der Waals surface area contributed by atoms with Crippen molar-refractivity contribution in [2.45, 2.75) is 17.2 Å². The van der Waals surface area contributed by atoms with Crippen molar-refractivity contribution < 1.29 is 13.9 Å². The number of benzene rings is 3. The molecule has 3 aromatic carbocycles. The van der Waals surface area contributed by atoms with Crippen molar-refractivity contribution in [3.05, 3.63) is 78.6 Å². The van der Waals surface area contributed by atoms with Crippen LogP contribution in [0.3, 0.4) is 0 Å². The molecule has 7 heteroatoms. The standard InChI is InChI=1S/C24H20FN3O2S/c1-15(23(29)26-18-6-5-7-19(14-18)30-2)31-24-21-9-4-3-8-20(21)22(27-28-24)16-10-12-17(25)13-11-16/h3-15H,1-2H3,(H,26,29). The summed E-state index contributed by atoms with van der Waals surface area (Å²) in [5.74, 6) is 0.224. The zero-order chi connectivity index (χ0) is 21.8. The van der Waals surface area contributed by atoms with Crippen molar-refractivity contribution in [3.63, 3.8) is 0 Å². The van der Waals surface area contributed by atoms with E-state index in [4.69, 9.17) is 4.74 Å². The van der Waals surface area contributed by atoms with Gasteiger partial charge >= 0.3 is 0 Å². The Kier molecular flexibility index (Phi) is 6.13. The number of rotatable bonds is 6. The van der Waals surface area contributed by atoms with E-state index in [1.165, 1.54) is 23.9 Å². The highest BCUT2D eigenvalue weighted by Gasteiger charge is 2.19. The third-order valence-electron chi connectivity index (χ3n) is 4.77. The molecule has 0 radical (unpaired) electrons. The zero-order valence-electron chi connectivity index (χ0n) is 17.0. The SMILES string of the molecule is COc1cccc(NC(=O)C(C)Sc2nnc(-c3ccc(F)cc3)c3ccccc23)c1. The number of carbonyl (C=O) groups is 1. The molecule has 0 aliphatic carbocycles. The maximum atomic E-state index is 13.3. The van der Waals surface area contributed by atoms with Crippen LogP contribution in [-0.4, -0.2) is 28.5 Å². The Hall–Kier alpha value is -3.45. The van der Waals surface area contributed by atoms with Gasteiger partial charge in [-0.2, -0.15) is 0 Å². The van der Waals surface area contributed by atoms with Crippen LogP contribution in [0.15, 0.2) is 77.8 Å². The maximum Gasteiger partial charge on any atom is 0.237 e. The first-order valence-electron chi connectivity index (χ1n) is 9.68. The number of nitrogens with one attached hydrogen (secondary N) is 1. The van der Waals surface area contributed by atoms with Crippen LogP contribution in [0.4, 0.5) is 10.1 Å². The Morgan fingerprint density at radius 2 is 1.74 bits per heavy atom. The van der Waals surface area contributed by atoms with Crippen molar-refractivity contribution in [2.75, 3.05) is 12.4 Å². The number of aromatic nitrogens is 2. The van der Waals surface area contributed by atoms with Gasteiger partial charge in [0.1, 0.15) is 22.3 Å². The number of thioether (sulfide) groups is 1. The summed E-state index contributed by atoms with van der Waals surface area (Å²) in [5, 5.41) is 13.7. The number of carbonyl (C=O) groups excluding carboxylic acids is 1. The van der Waals surface area contributed by atoms with Gasteiger partial charge < -0.3 is 10.1 Å². The quantitative estimate of drug-likeness (QED) is 0.403. The molecular formula is C24H20FN3O2S. The van der Waals surface area contributed by atoms with Gasteiger partial charge in [0.05, 0.1) is 12.4 Å². The summed E-state index contributed by atoms with van der Waals surface area (Å²) >= 11 is 1.34. The molecule has 1 heterocycles. The summed E-state index contributed by atoms with van der Waals surface area (Å²) in [6, 6.07) is 21.1. The second kappa shape index (κ2) is 9.14. The molecule has 1 unspecified atom stereocenters. The van der Waals surface area contributed by atoms with Crippen molar-refractivity contribution in [1.29, 1.82) is 0 Å². The fourth-order valence-corrected chi connectivity index (χ4v) is 4.05. The number of ether oxygens (including phenoxy) is 1. The van der Waals surface area contributed by atoms with E-state index >= 15 is 0 Å². The van der Waals surface area contributed by atoms with Crippen molar-refractivity contribution in [1.82, 2.24) is 10.2 Å². The van der Waals surface area contributed by atoms with Crippen LogP contribution >= 0.6 is 11.8 Å². The lowest BCUT2D eigenvalue weighted by Gasteiger charge is -2.14. The number of nitrogens with zero attached hydrogens (tertiary/aromatic N) is 2. The van der Waals surface area contributed by atoms with Gasteiger partial charge in [0.25, 0.3) is 0 Å². The molecule has 1 aromatic heterocycles. The summed E-state index contributed by atoms with van der Waals surface area (Å²) in [5.41, 5.74) is 2.12. The molecule has 0 spiro atoms. The topological polar surface area (TPSA) is 64.1 Å². The minimum Gasteiger partial charge on any atom is -0.497 e. The predicted molar refractivity (Wildman–Crippen MR) is 122 cm³/mol. The van der Waals surface area contributed by atoms with Gasteiger partial charge in [0, 0.05) is 28.1 Å². The first-order chi connectivity index (χ1) is 15.0. The first kappa shape index (κ1) is 20.8. The molecule has 4 aromatic rings. The summed E-state index contributed by atoms with van der Waals surface area (Å²) in [4.78, 5) is 12.7. The molecular weight excluding hydrogens is 413 g/mol. The number of amides is 1. The van der Waals surface area contributed by atoms with E-state index in [1.807, 2.05) is 49.4 Å².